The van der Waals surface area contributed by atoms with Gasteiger partial charge >= 0.3 is 0 Å². The Hall–Kier alpha value is -1.42. The molecular formula is C10H13N3O. The first-order valence-electron chi connectivity index (χ1n) is 4.73. The summed E-state index contributed by atoms with van der Waals surface area (Å²) < 4.78 is 0. The highest BCUT2D eigenvalue weighted by Crippen LogP contribution is 2.01. The average molecular weight is 191 g/mol. The van der Waals surface area contributed by atoms with E-state index < -0.39 is 0 Å². The van der Waals surface area contributed by atoms with Gasteiger partial charge in [-0.05, 0) is 17.7 Å². The predicted octanol–water partition coefficient (Wildman–Crippen LogP) is 0.0597. The van der Waals surface area contributed by atoms with Gasteiger partial charge in [0, 0.05) is 37.9 Å². The molecule has 2 rings (SSSR count). The van der Waals surface area contributed by atoms with Crippen molar-refractivity contribution in [2.45, 2.75) is 19.0 Å². The Labute approximate surface area is 82.7 Å². The molecule has 1 unspecified atom stereocenters. The number of hydrogen-bond acceptors (Lipinski definition) is 3. The van der Waals surface area contributed by atoms with Crippen molar-refractivity contribution in [1.82, 2.24) is 15.6 Å². The van der Waals surface area contributed by atoms with Gasteiger partial charge in [-0.2, -0.15) is 0 Å². The molecule has 0 saturated carbocycles. The molecular weight excluding hydrogens is 178 g/mol. The third-order valence-electron chi connectivity index (χ3n) is 2.32. The summed E-state index contributed by atoms with van der Waals surface area (Å²) in [7, 11) is 0. The van der Waals surface area contributed by atoms with E-state index in [1.807, 2.05) is 12.1 Å². The Kier molecular flexibility index (Phi) is 2.74. The number of amides is 1. The van der Waals surface area contributed by atoms with Crippen LogP contribution in [-0.2, 0) is 11.3 Å². The standard InChI is InChI=1S/C10H13N3O/c14-10-5-9(7-13-10)12-6-8-1-3-11-4-2-8/h1-4,9,12H,5-7H2,(H,13,14). The molecule has 0 aliphatic carbocycles. The van der Waals surface area contributed by atoms with Crippen molar-refractivity contribution in [2.24, 2.45) is 0 Å². The molecule has 0 aromatic carbocycles. The van der Waals surface area contributed by atoms with Crippen molar-refractivity contribution in [1.29, 1.82) is 0 Å². The van der Waals surface area contributed by atoms with E-state index in [1.165, 1.54) is 5.56 Å². The number of carbonyl (C=O) groups is 1. The molecule has 0 bridgehead atoms. The maximum Gasteiger partial charge on any atom is 0.221 e. The summed E-state index contributed by atoms with van der Waals surface area (Å²) in [6, 6.07) is 4.21. The fourth-order valence-electron chi connectivity index (χ4n) is 1.51. The van der Waals surface area contributed by atoms with Gasteiger partial charge in [0.2, 0.25) is 5.91 Å². The third-order valence-corrected chi connectivity index (χ3v) is 2.32. The molecule has 0 radical (unpaired) electrons. The van der Waals surface area contributed by atoms with Crippen molar-refractivity contribution in [3.8, 4) is 0 Å². The minimum Gasteiger partial charge on any atom is -0.354 e. The van der Waals surface area contributed by atoms with Gasteiger partial charge in [0.15, 0.2) is 0 Å². The topological polar surface area (TPSA) is 54.0 Å². The first-order valence-corrected chi connectivity index (χ1v) is 4.73. The predicted molar refractivity (Wildman–Crippen MR) is 52.5 cm³/mol. The first kappa shape index (κ1) is 9.15. The Morgan fingerprint density at radius 1 is 1.50 bits per heavy atom. The molecule has 1 aliphatic heterocycles. The van der Waals surface area contributed by atoms with Crippen molar-refractivity contribution in [3.05, 3.63) is 30.1 Å². The van der Waals surface area contributed by atoms with Crippen molar-refractivity contribution in [3.63, 3.8) is 0 Å². The largest absolute Gasteiger partial charge is 0.354 e. The van der Waals surface area contributed by atoms with Crippen LogP contribution >= 0.6 is 0 Å². The Morgan fingerprint density at radius 2 is 2.29 bits per heavy atom. The van der Waals surface area contributed by atoms with Gasteiger partial charge in [0.05, 0.1) is 0 Å². The molecule has 1 aliphatic rings. The van der Waals surface area contributed by atoms with Crippen LogP contribution in [0.1, 0.15) is 12.0 Å². The molecule has 1 amide bonds. The van der Waals surface area contributed by atoms with Crippen LogP contribution in [0.15, 0.2) is 24.5 Å². The fourth-order valence-corrected chi connectivity index (χ4v) is 1.51. The number of aromatic nitrogens is 1. The quantitative estimate of drug-likeness (QED) is 0.710. The van der Waals surface area contributed by atoms with E-state index in [-0.39, 0.29) is 11.9 Å². The molecule has 1 fully saturated rings. The molecule has 4 heteroatoms. The summed E-state index contributed by atoms with van der Waals surface area (Å²) in [5.41, 5.74) is 1.19. The lowest BCUT2D eigenvalue weighted by atomic mass is 10.2. The zero-order valence-electron chi connectivity index (χ0n) is 7.86. The Bertz CT molecular complexity index is 312. The smallest absolute Gasteiger partial charge is 0.221 e. The van der Waals surface area contributed by atoms with E-state index in [0.29, 0.717) is 6.42 Å². The van der Waals surface area contributed by atoms with Gasteiger partial charge in [-0.3, -0.25) is 9.78 Å². The fraction of sp³-hybridized carbons (Fsp3) is 0.400. The zero-order chi connectivity index (χ0) is 9.80. The second-order valence-corrected chi connectivity index (χ2v) is 3.44. The number of hydrogen-bond donors (Lipinski definition) is 2. The highest BCUT2D eigenvalue weighted by atomic mass is 16.1. The highest BCUT2D eigenvalue weighted by Gasteiger charge is 2.20. The van der Waals surface area contributed by atoms with E-state index >= 15 is 0 Å². The van der Waals surface area contributed by atoms with Crippen LogP contribution in [0.4, 0.5) is 0 Å². The van der Waals surface area contributed by atoms with Crippen LogP contribution in [0.3, 0.4) is 0 Å². The van der Waals surface area contributed by atoms with Gasteiger partial charge in [0.1, 0.15) is 0 Å². The van der Waals surface area contributed by atoms with Gasteiger partial charge in [-0.15, -0.1) is 0 Å². The van der Waals surface area contributed by atoms with Crippen LogP contribution in [0.5, 0.6) is 0 Å². The van der Waals surface area contributed by atoms with Crippen molar-refractivity contribution < 1.29 is 4.79 Å². The summed E-state index contributed by atoms with van der Waals surface area (Å²) >= 11 is 0. The van der Waals surface area contributed by atoms with E-state index in [0.717, 1.165) is 13.1 Å². The van der Waals surface area contributed by atoms with Crippen LogP contribution < -0.4 is 10.6 Å². The maximum absolute atomic E-state index is 10.9. The number of nitrogens with one attached hydrogen (secondary N) is 2. The van der Waals surface area contributed by atoms with E-state index in [4.69, 9.17) is 0 Å². The van der Waals surface area contributed by atoms with Crippen LogP contribution in [-0.4, -0.2) is 23.5 Å². The first-order chi connectivity index (χ1) is 6.84. The second-order valence-electron chi connectivity index (χ2n) is 3.44. The molecule has 1 aromatic heterocycles. The molecule has 1 atom stereocenters. The number of nitrogens with zero attached hydrogens (tertiary/aromatic N) is 1. The van der Waals surface area contributed by atoms with Gasteiger partial charge in [-0.25, -0.2) is 0 Å². The van der Waals surface area contributed by atoms with Crippen LogP contribution in [0.2, 0.25) is 0 Å². The molecule has 14 heavy (non-hydrogen) atoms. The Balaban J connectivity index is 1.80. The monoisotopic (exact) mass is 191 g/mol. The van der Waals surface area contributed by atoms with Gasteiger partial charge < -0.3 is 10.6 Å². The third kappa shape index (κ3) is 2.29. The lowest BCUT2D eigenvalue weighted by Crippen LogP contribution is -2.30. The van der Waals surface area contributed by atoms with E-state index in [2.05, 4.69) is 15.6 Å². The van der Waals surface area contributed by atoms with Crippen molar-refractivity contribution in [2.75, 3.05) is 6.54 Å². The zero-order valence-corrected chi connectivity index (χ0v) is 7.86. The van der Waals surface area contributed by atoms with Crippen LogP contribution in [0.25, 0.3) is 0 Å². The molecule has 74 valence electrons. The maximum atomic E-state index is 10.9. The van der Waals surface area contributed by atoms with Crippen LogP contribution in [0, 0.1) is 0 Å². The molecule has 0 spiro atoms. The number of carbonyl (C=O) groups excluding carboxylic acids is 1. The molecule has 1 aromatic rings. The SMILES string of the molecule is O=C1CC(NCc2ccncc2)CN1. The van der Waals surface area contributed by atoms with E-state index in [1.54, 1.807) is 12.4 Å². The summed E-state index contributed by atoms with van der Waals surface area (Å²) in [4.78, 5) is 14.8. The number of rotatable bonds is 3. The normalized spacial score (nSPS) is 20.9. The summed E-state index contributed by atoms with van der Waals surface area (Å²) in [6.07, 6.45) is 4.13. The Morgan fingerprint density at radius 3 is 2.93 bits per heavy atom. The van der Waals surface area contributed by atoms with E-state index in [9.17, 15) is 4.79 Å². The number of pyridine rings is 1. The highest BCUT2D eigenvalue weighted by molar-refractivity contribution is 5.78. The lowest BCUT2D eigenvalue weighted by molar-refractivity contribution is -0.119. The minimum atomic E-state index is 0.136. The van der Waals surface area contributed by atoms with Crippen molar-refractivity contribution >= 4 is 5.91 Å². The molecule has 2 heterocycles. The van der Waals surface area contributed by atoms with Gasteiger partial charge in [-0.1, -0.05) is 0 Å². The molecule has 4 nitrogen and oxygen atoms in total. The van der Waals surface area contributed by atoms with Gasteiger partial charge in [0.25, 0.3) is 0 Å². The average Bonchev–Trinajstić information content (AvgIpc) is 2.63. The summed E-state index contributed by atoms with van der Waals surface area (Å²) in [6.45, 7) is 1.53. The molecule has 1 saturated heterocycles. The lowest BCUT2D eigenvalue weighted by Gasteiger charge is -2.09. The second kappa shape index (κ2) is 4.19. The minimum absolute atomic E-state index is 0.136. The summed E-state index contributed by atoms with van der Waals surface area (Å²) in [5, 5.41) is 6.11. The summed E-state index contributed by atoms with van der Waals surface area (Å²) in [5.74, 6) is 0.136. The molecule has 2 N–H and O–H groups in total.